The maximum atomic E-state index is 9.00. The van der Waals surface area contributed by atoms with Crippen LogP contribution in [0.2, 0.25) is 0 Å². The second-order valence-electron chi connectivity index (χ2n) is 4.68. The van der Waals surface area contributed by atoms with Gasteiger partial charge in [0, 0.05) is 0 Å². The second kappa shape index (κ2) is 4.99. The van der Waals surface area contributed by atoms with Crippen LogP contribution in [0.3, 0.4) is 0 Å². The summed E-state index contributed by atoms with van der Waals surface area (Å²) < 4.78 is 1.86. The molecule has 3 aromatic rings. The maximum Gasteiger partial charge on any atom is 0.201 e. The number of hydrogen-bond acceptors (Lipinski definition) is 4. The van der Waals surface area contributed by atoms with E-state index in [0.717, 1.165) is 16.6 Å². The molecule has 3 rings (SSSR count). The number of aromatic nitrogens is 2. The Hall–Kier alpha value is -3.31. The van der Waals surface area contributed by atoms with Crippen molar-refractivity contribution < 1.29 is 0 Å². The van der Waals surface area contributed by atoms with Crippen LogP contribution in [-0.4, -0.2) is 9.55 Å². The lowest BCUT2D eigenvalue weighted by Gasteiger charge is -2.07. The molecule has 5 heteroatoms. The molecule has 0 bridgehead atoms. The van der Waals surface area contributed by atoms with Crippen LogP contribution >= 0.6 is 0 Å². The van der Waals surface area contributed by atoms with Gasteiger partial charge < -0.3 is 10.3 Å². The zero-order valence-corrected chi connectivity index (χ0v) is 11.1. The lowest BCUT2D eigenvalue weighted by Crippen LogP contribution is -2.04. The third-order valence-electron chi connectivity index (χ3n) is 3.33. The number of benzene rings is 2. The Morgan fingerprint density at radius 3 is 2.33 bits per heavy atom. The van der Waals surface area contributed by atoms with Gasteiger partial charge in [-0.1, -0.05) is 12.1 Å². The van der Waals surface area contributed by atoms with Crippen LogP contribution in [0.4, 0.5) is 5.95 Å². The largest absolute Gasteiger partial charge is 0.369 e. The second-order valence-corrected chi connectivity index (χ2v) is 4.68. The summed E-state index contributed by atoms with van der Waals surface area (Å²) in [6, 6.07) is 16.8. The van der Waals surface area contributed by atoms with Crippen molar-refractivity contribution in [2.75, 3.05) is 5.73 Å². The van der Waals surface area contributed by atoms with Crippen molar-refractivity contribution in [1.29, 1.82) is 10.5 Å². The number of nitrogens with two attached hydrogens (primary N) is 1. The molecule has 0 radical (unpaired) electrons. The SMILES string of the molecule is N#Cc1ccc(Cn2c(N)nc3ccc(C#N)cc32)cc1. The Morgan fingerprint density at radius 1 is 1.00 bits per heavy atom. The van der Waals surface area contributed by atoms with E-state index in [1.54, 1.807) is 30.3 Å². The number of imidazole rings is 1. The highest BCUT2D eigenvalue weighted by Gasteiger charge is 2.09. The maximum absolute atomic E-state index is 9.00. The fourth-order valence-corrected chi connectivity index (χ4v) is 2.24. The predicted octanol–water partition coefficient (Wildman–Crippen LogP) is 2.41. The van der Waals surface area contributed by atoms with E-state index in [4.69, 9.17) is 16.3 Å². The Morgan fingerprint density at radius 2 is 1.67 bits per heavy atom. The van der Waals surface area contributed by atoms with Gasteiger partial charge in [0.15, 0.2) is 0 Å². The summed E-state index contributed by atoms with van der Waals surface area (Å²) >= 11 is 0. The summed E-state index contributed by atoms with van der Waals surface area (Å²) in [5.41, 5.74) is 9.77. The quantitative estimate of drug-likeness (QED) is 0.776. The minimum Gasteiger partial charge on any atom is -0.369 e. The summed E-state index contributed by atoms with van der Waals surface area (Å²) in [4.78, 5) is 4.30. The molecule has 0 spiro atoms. The molecule has 1 heterocycles. The van der Waals surface area contributed by atoms with E-state index in [1.807, 2.05) is 16.7 Å². The van der Waals surface area contributed by atoms with E-state index in [1.165, 1.54) is 0 Å². The normalized spacial score (nSPS) is 10.2. The highest BCUT2D eigenvalue weighted by molar-refractivity contribution is 5.80. The first kappa shape index (κ1) is 12.7. The molecular weight excluding hydrogens is 262 g/mol. The fourth-order valence-electron chi connectivity index (χ4n) is 2.24. The van der Waals surface area contributed by atoms with Crippen LogP contribution in [0, 0.1) is 22.7 Å². The molecule has 0 fully saturated rings. The first-order valence-electron chi connectivity index (χ1n) is 6.36. The Bertz CT molecular complexity index is 891. The molecule has 0 atom stereocenters. The van der Waals surface area contributed by atoms with Gasteiger partial charge in [-0.3, -0.25) is 0 Å². The molecule has 0 amide bonds. The average Bonchev–Trinajstić information content (AvgIpc) is 2.83. The molecule has 5 nitrogen and oxygen atoms in total. The lowest BCUT2D eigenvalue weighted by molar-refractivity contribution is 0.838. The first-order chi connectivity index (χ1) is 10.2. The van der Waals surface area contributed by atoms with Crippen molar-refractivity contribution in [3.05, 3.63) is 59.2 Å². The summed E-state index contributed by atoms with van der Waals surface area (Å²) in [5.74, 6) is 0.407. The Balaban J connectivity index is 2.05. The molecule has 0 aliphatic carbocycles. The van der Waals surface area contributed by atoms with Crippen molar-refractivity contribution in [1.82, 2.24) is 9.55 Å². The number of nitrogen functional groups attached to an aromatic ring is 1. The molecule has 100 valence electrons. The van der Waals surface area contributed by atoms with Crippen LogP contribution < -0.4 is 5.73 Å². The molecule has 0 unspecified atom stereocenters. The van der Waals surface area contributed by atoms with E-state index in [9.17, 15) is 0 Å². The van der Waals surface area contributed by atoms with Crippen molar-refractivity contribution in [3.8, 4) is 12.1 Å². The molecule has 21 heavy (non-hydrogen) atoms. The summed E-state index contributed by atoms with van der Waals surface area (Å²) in [6.45, 7) is 0.545. The summed E-state index contributed by atoms with van der Waals surface area (Å²) in [6.07, 6.45) is 0. The summed E-state index contributed by atoms with van der Waals surface area (Å²) in [5, 5.41) is 17.8. The van der Waals surface area contributed by atoms with Crippen LogP contribution in [-0.2, 0) is 6.54 Å². The van der Waals surface area contributed by atoms with Crippen LogP contribution in [0.1, 0.15) is 16.7 Å². The number of fused-ring (bicyclic) bond motifs is 1. The van der Waals surface area contributed by atoms with E-state index in [2.05, 4.69) is 17.1 Å². The van der Waals surface area contributed by atoms with Crippen molar-refractivity contribution in [3.63, 3.8) is 0 Å². The van der Waals surface area contributed by atoms with Crippen molar-refractivity contribution in [2.24, 2.45) is 0 Å². The van der Waals surface area contributed by atoms with Gasteiger partial charge in [0.1, 0.15) is 0 Å². The van der Waals surface area contributed by atoms with Gasteiger partial charge in [-0.25, -0.2) is 4.98 Å². The van der Waals surface area contributed by atoms with Crippen LogP contribution in [0.5, 0.6) is 0 Å². The molecule has 2 aromatic carbocycles. The Labute approximate surface area is 121 Å². The van der Waals surface area contributed by atoms with Gasteiger partial charge in [-0.15, -0.1) is 0 Å². The van der Waals surface area contributed by atoms with Gasteiger partial charge >= 0.3 is 0 Å². The molecule has 0 aliphatic rings. The molecule has 0 saturated heterocycles. The van der Waals surface area contributed by atoms with E-state index < -0.39 is 0 Å². The Kier molecular flexibility index (Phi) is 3.02. The summed E-state index contributed by atoms with van der Waals surface area (Å²) in [7, 11) is 0. The van der Waals surface area contributed by atoms with Gasteiger partial charge in [0.05, 0.1) is 40.8 Å². The average molecular weight is 273 g/mol. The van der Waals surface area contributed by atoms with Crippen molar-refractivity contribution >= 4 is 17.0 Å². The number of hydrogen-bond donors (Lipinski definition) is 1. The van der Waals surface area contributed by atoms with Crippen LogP contribution in [0.25, 0.3) is 11.0 Å². The fraction of sp³-hybridized carbons (Fsp3) is 0.0625. The lowest BCUT2D eigenvalue weighted by atomic mass is 10.1. The molecule has 2 N–H and O–H groups in total. The standard InChI is InChI=1S/C16H11N5/c17-8-11-1-3-12(4-2-11)10-21-15-7-13(9-18)5-6-14(15)20-16(21)19/h1-7H,10H2,(H2,19,20). The number of rotatable bonds is 2. The third kappa shape index (κ3) is 2.29. The number of nitrogens with zero attached hydrogens (tertiary/aromatic N) is 4. The molecule has 0 aliphatic heterocycles. The minimum absolute atomic E-state index is 0.407. The molecule has 1 aromatic heterocycles. The van der Waals surface area contributed by atoms with Gasteiger partial charge in [0.2, 0.25) is 5.95 Å². The third-order valence-corrected chi connectivity index (χ3v) is 3.33. The minimum atomic E-state index is 0.407. The molecule has 0 saturated carbocycles. The number of nitriles is 2. The van der Waals surface area contributed by atoms with E-state index in [0.29, 0.717) is 23.6 Å². The van der Waals surface area contributed by atoms with E-state index in [-0.39, 0.29) is 0 Å². The number of anilines is 1. The van der Waals surface area contributed by atoms with Crippen LogP contribution in [0.15, 0.2) is 42.5 Å². The zero-order chi connectivity index (χ0) is 14.8. The van der Waals surface area contributed by atoms with Crippen molar-refractivity contribution in [2.45, 2.75) is 6.54 Å². The predicted molar refractivity (Wildman–Crippen MR) is 79.1 cm³/mol. The van der Waals surface area contributed by atoms with Gasteiger partial charge in [0.25, 0.3) is 0 Å². The molecular formula is C16H11N5. The van der Waals surface area contributed by atoms with Gasteiger partial charge in [-0.2, -0.15) is 10.5 Å². The highest BCUT2D eigenvalue weighted by Crippen LogP contribution is 2.21. The van der Waals surface area contributed by atoms with Gasteiger partial charge in [-0.05, 0) is 35.9 Å². The van der Waals surface area contributed by atoms with E-state index >= 15 is 0 Å². The highest BCUT2D eigenvalue weighted by atomic mass is 15.1. The topological polar surface area (TPSA) is 91.4 Å². The monoisotopic (exact) mass is 273 g/mol. The first-order valence-corrected chi connectivity index (χ1v) is 6.36. The smallest absolute Gasteiger partial charge is 0.201 e. The zero-order valence-electron chi connectivity index (χ0n) is 11.1.